The van der Waals surface area contributed by atoms with Gasteiger partial charge in [0.25, 0.3) is 0 Å². The highest BCUT2D eigenvalue weighted by atomic mass is 32.1. The molecule has 11 rings (SSSR count). The van der Waals surface area contributed by atoms with Gasteiger partial charge in [0, 0.05) is 36.6 Å². The lowest BCUT2D eigenvalue weighted by atomic mass is 10.00. The summed E-state index contributed by atoms with van der Waals surface area (Å²) < 4.78 is 4.85. The second kappa shape index (κ2) is 11.5. The van der Waals surface area contributed by atoms with Gasteiger partial charge < -0.3 is 14.9 Å². The van der Waals surface area contributed by atoms with Crippen LogP contribution in [0.25, 0.3) is 74.5 Å². The molecule has 0 amide bonds. The second-order valence-electron chi connectivity index (χ2n) is 13.3. The number of aromatic nitrogens is 1. The standard InChI is InChI=1S/C47H29N4S/c1-2-13-31(14-3-1)45-48-46(50-47(49-45)38-19-10-18-37-36-17-8-9-20-41(36)52-44(37)38)32-21-25-33(26-22-32)51-39-27-23-29-11-4-6-15-34(29)42(39)43-35-16-7-5-12-30(35)24-28-40(43)51/h1-28,45H/q-1. The van der Waals surface area contributed by atoms with Crippen molar-refractivity contribution < 1.29 is 0 Å². The Morgan fingerprint density at radius 1 is 0.519 bits per heavy atom. The lowest BCUT2D eigenvalue weighted by Gasteiger charge is -2.32. The van der Waals surface area contributed by atoms with Gasteiger partial charge in [-0.3, -0.25) is 4.99 Å². The molecule has 244 valence electrons. The average Bonchev–Trinajstić information content (AvgIpc) is 3.78. The number of thiophene rings is 1. The molecule has 52 heavy (non-hydrogen) atoms. The van der Waals surface area contributed by atoms with Gasteiger partial charge in [-0.25, -0.2) is 0 Å². The van der Waals surface area contributed by atoms with E-state index in [1.807, 2.05) is 18.2 Å². The molecule has 8 aromatic carbocycles. The molecule has 4 nitrogen and oxygen atoms in total. The monoisotopic (exact) mass is 681 g/mol. The van der Waals surface area contributed by atoms with E-state index >= 15 is 0 Å². The highest BCUT2D eigenvalue weighted by Crippen LogP contribution is 2.42. The van der Waals surface area contributed by atoms with Crippen molar-refractivity contribution in [2.45, 2.75) is 6.17 Å². The topological polar surface area (TPSA) is 43.8 Å². The summed E-state index contributed by atoms with van der Waals surface area (Å²) in [4.78, 5) is 10.3. The molecule has 1 unspecified atom stereocenters. The van der Waals surface area contributed by atoms with E-state index in [9.17, 15) is 0 Å². The summed E-state index contributed by atoms with van der Waals surface area (Å²) in [5.41, 5.74) is 6.50. The summed E-state index contributed by atoms with van der Waals surface area (Å²) in [6.45, 7) is 0. The fourth-order valence-corrected chi connectivity index (χ4v) is 9.18. The van der Waals surface area contributed by atoms with Crippen LogP contribution < -0.4 is 0 Å². The lowest BCUT2D eigenvalue weighted by molar-refractivity contribution is 0.878. The molecule has 0 saturated carbocycles. The Morgan fingerprint density at radius 2 is 1.13 bits per heavy atom. The van der Waals surface area contributed by atoms with Crippen molar-refractivity contribution in [3.63, 3.8) is 0 Å². The first-order chi connectivity index (χ1) is 25.8. The van der Waals surface area contributed by atoms with Crippen molar-refractivity contribution in [1.29, 1.82) is 0 Å². The van der Waals surface area contributed by atoms with Crippen LogP contribution in [0.15, 0.2) is 180 Å². The maximum atomic E-state index is 5.18. The molecule has 3 heterocycles. The number of aliphatic imine (C=N–C) groups is 2. The Bertz CT molecular complexity index is 3000. The van der Waals surface area contributed by atoms with E-state index in [0.717, 1.165) is 22.4 Å². The van der Waals surface area contributed by atoms with Crippen LogP contribution in [0.3, 0.4) is 0 Å². The van der Waals surface area contributed by atoms with E-state index in [1.165, 1.54) is 63.5 Å². The normalized spacial score (nSPS) is 14.7. The highest BCUT2D eigenvalue weighted by Gasteiger charge is 2.19. The van der Waals surface area contributed by atoms with E-state index < -0.39 is 6.17 Å². The van der Waals surface area contributed by atoms with Crippen molar-refractivity contribution in [3.05, 3.63) is 192 Å². The predicted octanol–water partition coefficient (Wildman–Crippen LogP) is 12.7. The summed E-state index contributed by atoms with van der Waals surface area (Å²) in [7, 11) is 0. The van der Waals surface area contributed by atoms with Gasteiger partial charge in [-0.1, -0.05) is 145 Å². The Balaban J connectivity index is 1.08. The summed E-state index contributed by atoms with van der Waals surface area (Å²) in [6.07, 6.45) is -0.396. The summed E-state index contributed by atoms with van der Waals surface area (Å²) in [5.74, 6) is 1.39. The third-order valence-electron chi connectivity index (χ3n) is 10.4. The summed E-state index contributed by atoms with van der Waals surface area (Å²) in [6, 6.07) is 60.5. The van der Waals surface area contributed by atoms with Gasteiger partial charge in [-0.2, -0.15) is 0 Å². The first-order valence-electron chi connectivity index (χ1n) is 17.6. The largest absolute Gasteiger partial charge is 0.438 e. The molecule has 2 aromatic heterocycles. The Kier molecular flexibility index (Phi) is 6.45. The third kappa shape index (κ3) is 4.46. The van der Waals surface area contributed by atoms with Gasteiger partial charge in [0.15, 0.2) is 0 Å². The molecule has 0 N–H and O–H groups in total. The van der Waals surface area contributed by atoms with Crippen molar-refractivity contribution in [3.8, 4) is 5.69 Å². The molecule has 0 radical (unpaired) electrons. The van der Waals surface area contributed by atoms with E-state index in [-0.39, 0.29) is 0 Å². The van der Waals surface area contributed by atoms with Gasteiger partial charge >= 0.3 is 0 Å². The first-order valence-corrected chi connectivity index (χ1v) is 18.4. The highest BCUT2D eigenvalue weighted by molar-refractivity contribution is 7.26. The average molecular weight is 682 g/mol. The number of amidine groups is 2. The molecule has 0 saturated heterocycles. The van der Waals surface area contributed by atoms with Crippen LogP contribution >= 0.6 is 11.3 Å². The SMILES string of the molecule is c1ccc(C2N=C(c3ccc(-n4c5ccc6ccccc6c5c5c6ccccc6ccc54)cc3)N=C(c3cccc4c3sc3ccccc34)[N-]2)cc1. The molecule has 0 aliphatic carbocycles. The maximum Gasteiger partial charge on any atom is 0.0822 e. The summed E-state index contributed by atoms with van der Waals surface area (Å²) >= 11 is 1.80. The van der Waals surface area contributed by atoms with Crippen LogP contribution in [0.5, 0.6) is 0 Å². The fraction of sp³-hybridized carbons (Fsp3) is 0.0213. The van der Waals surface area contributed by atoms with Crippen molar-refractivity contribution in [1.82, 2.24) is 4.57 Å². The minimum atomic E-state index is -0.396. The zero-order valence-electron chi connectivity index (χ0n) is 27.9. The van der Waals surface area contributed by atoms with E-state index in [2.05, 4.69) is 156 Å². The number of hydrogen-bond donors (Lipinski definition) is 0. The van der Waals surface area contributed by atoms with E-state index in [1.54, 1.807) is 11.3 Å². The number of rotatable bonds is 4. The molecule has 5 heteroatoms. The molecule has 0 spiro atoms. The molecule has 10 aromatic rings. The minimum Gasteiger partial charge on any atom is -0.438 e. The number of fused-ring (bicyclic) bond motifs is 10. The predicted molar refractivity (Wildman–Crippen MR) is 221 cm³/mol. The minimum absolute atomic E-state index is 0.396. The maximum absolute atomic E-state index is 5.18. The zero-order chi connectivity index (χ0) is 34.2. The molecule has 1 atom stereocenters. The molecular formula is C47H29N4S-. The molecule has 1 aliphatic heterocycles. The molecule has 0 bridgehead atoms. The summed E-state index contributed by atoms with van der Waals surface area (Å²) in [5, 5.41) is 15.2. The molecule has 0 fully saturated rings. The van der Waals surface area contributed by atoms with Gasteiger partial charge in [-0.05, 0) is 68.6 Å². The van der Waals surface area contributed by atoms with Crippen LogP contribution in [0.4, 0.5) is 0 Å². The lowest BCUT2D eigenvalue weighted by Crippen LogP contribution is -2.16. The Morgan fingerprint density at radius 3 is 1.85 bits per heavy atom. The zero-order valence-corrected chi connectivity index (χ0v) is 28.8. The second-order valence-corrected chi connectivity index (χ2v) is 14.4. The van der Waals surface area contributed by atoms with Gasteiger partial charge in [-0.15, -0.1) is 11.3 Å². The molecule has 1 aliphatic rings. The van der Waals surface area contributed by atoms with Crippen molar-refractivity contribution in [2.24, 2.45) is 9.98 Å². The van der Waals surface area contributed by atoms with Crippen LogP contribution in [0, 0.1) is 0 Å². The van der Waals surface area contributed by atoms with Crippen LogP contribution in [0.2, 0.25) is 0 Å². The third-order valence-corrected chi connectivity index (χ3v) is 11.6. The number of nitrogens with zero attached hydrogens (tertiary/aromatic N) is 4. The van der Waals surface area contributed by atoms with Crippen molar-refractivity contribution >= 4 is 86.5 Å². The quantitative estimate of drug-likeness (QED) is 0.177. The van der Waals surface area contributed by atoms with E-state index in [4.69, 9.17) is 15.3 Å². The van der Waals surface area contributed by atoms with Gasteiger partial charge in [0.2, 0.25) is 0 Å². The van der Waals surface area contributed by atoms with Crippen LogP contribution in [-0.2, 0) is 0 Å². The number of hydrogen-bond acceptors (Lipinski definition) is 3. The number of benzene rings is 8. The smallest absolute Gasteiger partial charge is 0.0822 e. The Labute approximate surface area is 303 Å². The van der Waals surface area contributed by atoms with Gasteiger partial charge in [0.1, 0.15) is 0 Å². The Hall–Kier alpha value is -6.56. The fourth-order valence-electron chi connectivity index (χ4n) is 7.97. The first kappa shape index (κ1) is 29.2. The van der Waals surface area contributed by atoms with E-state index in [0.29, 0.717) is 11.7 Å². The van der Waals surface area contributed by atoms with Crippen molar-refractivity contribution in [2.75, 3.05) is 0 Å². The van der Waals surface area contributed by atoms with Crippen LogP contribution in [-0.4, -0.2) is 16.2 Å². The van der Waals surface area contributed by atoms with Crippen LogP contribution in [0.1, 0.15) is 22.9 Å². The van der Waals surface area contributed by atoms with Gasteiger partial charge in [0.05, 0.1) is 23.0 Å². The molecular weight excluding hydrogens is 653 g/mol.